The van der Waals surface area contributed by atoms with Crippen molar-refractivity contribution >= 4 is 27.3 Å². The van der Waals surface area contributed by atoms with Crippen LogP contribution in [0.25, 0.3) is 0 Å². The van der Waals surface area contributed by atoms with E-state index in [0.717, 1.165) is 18.4 Å². The Morgan fingerprint density at radius 3 is 2.71 bits per heavy atom. The second kappa shape index (κ2) is 6.49. The molecule has 1 heterocycles. The van der Waals surface area contributed by atoms with Crippen molar-refractivity contribution in [2.45, 2.75) is 31.6 Å². The summed E-state index contributed by atoms with van der Waals surface area (Å²) in [4.78, 5) is 0.202. The summed E-state index contributed by atoms with van der Waals surface area (Å²) in [6, 6.07) is 7.34. The molecule has 114 valence electrons. The minimum atomic E-state index is -3.64. The van der Waals surface area contributed by atoms with E-state index in [0.29, 0.717) is 23.0 Å². The fourth-order valence-corrected chi connectivity index (χ4v) is 3.76. The summed E-state index contributed by atoms with van der Waals surface area (Å²) in [6.07, 6.45) is 1.68. The van der Waals surface area contributed by atoms with Crippen LogP contribution in [-0.2, 0) is 16.4 Å². The molecule has 1 aromatic carbocycles. The maximum Gasteiger partial charge on any atom is 0.265 e. The van der Waals surface area contributed by atoms with E-state index in [1.165, 1.54) is 0 Å². The molecule has 0 atom stereocenters. The van der Waals surface area contributed by atoms with Crippen LogP contribution in [0.15, 0.2) is 29.2 Å². The van der Waals surface area contributed by atoms with E-state index in [1.807, 2.05) is 18.2 Å². The smallest absolute Gasteiger partial charge is 0.265 e. The van der Waals surface area contributed by atoms with Crippen LogP contribution < -0.4 is 4.72 Å². The number of H-pyrrole nitrogens is 1. The highest BCUT2D eigenvalue weighted by Gasteiger charge is 2.22. The monoisotopic (exact) mass is 327 g/mol. The van der Waals surface area contributed by atoms with Crippen LogP contribution in [0.3, 0.4) is 0 Å². The molecule has 2 N–H and O–H groups in total. The number of anilines is 1. The third-order valence-electron chi connectivity index (χ3n) is 3.11. The summed E-state index contributed by atoms with van der Waals surface area (Å²) in [5, 5.41) is 6.61. The number of hydrogen-bond donors (Lipinski definition) is 2. The van der Waals surface area contributed by atoms with Gasteiger partial charge in [-0.2, -0.15) is 5.10 Å². The number of aryl methyl sites for hydroxylation is 3. The molecule has 7 heteroatoms. The van der Waals surface area contributed by atoms with Crippen molar-refractivity contribution in [3.8, 4) is 0 Å². The SMILES string of the molecule is Cc1n[nH]c(C)c1S(=O)(=O)Nc1cccc(CCCCl)c1. The summed E-state index contributed by atoms with van der Waals surface area (Å²) < 4.78 is 27.5. The van der Waals surface area contributed by atoms with Crippen molar-refractivity contribution in [2.75, 3.05) is 10.6 Å². The highest BCUT2D eigenvalue weighted by Crippen LogP contribution is 2.21. The van der Waals surface area contributed by atoms with Gasteiger partial charge in [0.05, 0.1) is 11.4 Å². The lowest BCUT2D eigenvalue weighted by atomic mass is 10.1. The van der Waals surface area contributed by atoms with Gasteiger partial charge < -0.3 is 0 Å². The molecule has 2 rings (SSSR count). The molecule has 0 fully saturated rings. The standard InChI is InChI=1S/C14H18ClN3O2S/c1-10-14(11(2)17-16-10)21(19,20)18-13-7-3-5-12(9-13)6-4-8-15/h3,5,7,9,18H,4,6,8H2,1-2H3,(H,16,17). The van der Waals surface area contributed by atoms with Crippen molar-refractivity contribution in [3.05, 3.63) is 41.2 Å². The van der Waals surface area contributed by atoms with E-state index < -0.39 is 10.0 Å². The van der Waals surface area contributed by atoms with Crippen LogP contribution >= 0.6 is 11.6 Å². The summed E-state index contributed by atoms with van der Waals surface area (Å²) in [6.45, 7) is 3.35. The molecule has 0 aliphatic rings. The summed E-state index contributed by atoms with van der Waals surface area (Å²) in [5.74, 6) is 0.587. The molecule has 0 saturated heterocycles. The Kier molecular flexibility index (Phi) is 4.90. The number of nitrogens with zero attached hydrogens (tertiary/aromatic N) is 1. The zero-order valence-corrected chi connectivity index (χ0v) is 13.6. The number of aromatic nitrogens is 2. The maximum atomic E-state index is 12.4. The normalized spacial score (nSPS) is 11.6. The molecule has 21 heavy (non-hydrogen) atoms. The fourth-order valence-electron chi connectivity index (χ4n) is 2.20. The van der Waals surface area contributed by atoms with Gasteiger partial charge in [-0.15, -0.1) is 11.6 Å². The fraction of sp³-hybridized carbons (Fsp3) is 0.357. The maximum absolute atomic E-state index is 12.4. The number of aromatic amines is 1. The molecule has 1 aromatic heterocycles. The van der Waals surface area contributed by atoms with E-state index in [4.69, 9.17) is 11.6 Å². The Hall–Kier alpha value is -1.53. The first-order valence-corrected chi connectivity index (χ1v) is 8.65. The van der Waals surface area contributed by atoms with Crippen LogP contribution in [0.4, 0.5) is 5.69 Å². The van der Waals surface area contributed by atoms with Crippen molar-refractivity contribution < 1.29 is 8.42 Å². The average Bonchev–Trinajstić information content (AvgIpc) is 2.76. The zero-order valence-electron chi connectivity index (χ0n) is 12.0. The minimum absolute atomic E-state index is 0.202. The third kappa shape index (κ3) is 3.77. The second-order valence-electron chi connectivity index (χ2n) is 4.86. The number of rotatable bonds is 6. The van der Waals surface area contributed by atoms with Gasteiger partial charge >= 0.3 is 0 Å². The third-order valence-corrected chi connectivity index (χ3v) is 5.02. The lowest BCUT2D eigenvalue weighted by Gasteiger charge is -2.09. The van der Waals surface area contributed by atoms with Gasteiger partial charge in [0, 0.05) is 11.6 Å². The first-order chi connectivity index (χ1) is 9.94. The van der Waals surface area contributed by atoms with Crippen LogP contribution in [0.2, 0.25) is 0 Å². The quantitative estimate of drug-likeness (QED) is 0.801. The molecule has 2 aromatic rings. The number of halogens is 1. The van der Waals surface area contributed by atoms with Crippen molar-refractivity contribution in [1.29, 1.82) is 0 Å². The molecular weight excluding hydrogens is 310 g/mol. The van der Waals surface area contributed by atoms with E-state index in [2.05, 4.69) is 14.9 Å². The molecule has 0 saturated carbocycles. The van der Waals surface area contributed by atoms with Gasteiger partial charge in [0.1, 0.15) is 4.90 Å². The molecule has 0 aliphatic heterocycles. The van der Waals surface area contributed by atoms with Gasteiger partial charge in [0.15, 0.2) is 0 Å². The molecule has 0 aliphatic carbocycles. The van der Waals surface area contributed by atoms with Gasteiger partial charge in [-0.25, -0.2) is 8.42 Å². The van der Waals surface area contributed by atoms with E-state index in [1.54, 1.807) is 19.9 Å². The number of sulfonamides is 1. The van der Waals surface area contributed by atoms with E-state index >= 15 is 0 Å². The Bertz CT molecular complexity index is 706. The number of hydrogen-bond acceptors (Lipinski definition) is 3. The van der Waals surface area contributed by atoms with Crippen molar-refractivity contribution in [3.63, 3.8) is 0 Å². The molecule has 0 spiro atoms. The largest absolute Gasteiger partial charge is 0.281 e. The summed E-state index contributed by atoms with van der Waals surface area (Å²) >= 11 is 5.68. The molecule has 0 unspecified atom stereocenters. The predicted molar refractivity (Wildman–Crippen MR) is 84.4 cm³/mol. The minimum Gasteiger partial charge on any atom is -0.281 e. The number of nitrogens with one attached hydrogen (secondary N) is 2. The van der Waals surface area contributed by atoms with Gasteiger partial charge in [0.25, 0.3) is 10.0 Å². The number of alkyl halides is 1. The molecule has 5 nitrogen and oxygen atoms in total. The second-order valence-corrected chi connectivity index (χ2v) is 6.86. The first kappa shape index (κ1) is 15.9. The van der Waals surface area contributed by atoms with Crippen LogP contribution in [0, 0.1) is 13.8 Å². The molecule has 0 amide bonds. The predicted octanol–water partition coefficient (Wildman–Crippen LogP) is 3.00. The first-order valence-electron chi connectivity index (χ1n) is 6.63. The topological polar surface area (TPSA) is 74.8 Å². The Morgan fingerprint density at radius 2 is 2.10 bits per heavy atom. The highest BCUT2D eigenvalue weighted by molar-refractivity contribution is 7.92. The van der Waals surface area contributed by atoms with Crippen LogP contribution in [0.1, 0.15) is 23.4 Å². The van der Waals surface area contributed by atoms with Crippen LogP contribution in [0.5, 0.6) is 0 Å². The van der Waals surface area contributed by atoms with Gasteiger partial charge in [-0.1, -0.05) is 12.1 Å². The van der Waals surface area contributed by atoms with Crippen molar-refractivity contribution in [2.24, 2.45) is 0 Å². The Balaban J connectivity index is 2.25. The van der Waals surface area contributed by atoms with Gasteiger partial charge in [-0.05, 0) is 44.4 Å². The Labute approximate surface area is 129 Å². The summed E-state index contributed by atoms with van der Waals surface area (Å²) in [5.41, 5.74) is 2.58. The zero-order chi connectivity index (χ0) is 15.5. The molecular formula is C14H18ClN3O2S. The van der Waals surface area contributed by atoms with Gasteiger partial charge in [-0.3, -0.25) is 9.82 Å². The lowest BCUT2D eigenvalue weighted by Crippen LogP contribution is -2.14. The molecule has 0 radical (unpaired) electrons. The average molecular weight is 328 g/mol. The van der Waals surface area contributed by atoms with Crippen molar-refractivity contribution in [1.82, 2.24) is 10.2 Å². The number of benzene rings is 1. The van der Waals surface area contributed by atoms with Crippen LogP contribution in [-0.4, -0.2) is 24.5 Å². The van der Waals surface area contributed by atoms with E-state index in [9.17, 15) is 8.42 Å². The molecule has 0 bridgehead atoms. The van der Waals surface area contributed by atoms with E-state index in [-0.39, 0.29) is 4.90 Å². The van der Waals surface area contributed by atoms with Gasteiger partial charge in [0.2, 0.25) is 0 Å². The lowest BCUT2D eigenvalue weighted by molar-refractivity contribution is 0.600. The highest BCUT2D eigenvalue weighted by atomic mass is 35.5. The Morgan fingerprint density at radius 1 is 1.33 bits per heavy atom. The summed E-state index contributed by atoms with van der Waals surface area (Å²) in [7, 11) is -3.64.